The molecule has 0 saturated heterocycles. The van der Waals surface area contributed by atoms with Crippen LogP contribution in [-0.2, 0) is 10.3 Å². The Kier molecular flexibility index (Phi) is 3.73. The van der Waals surface area contributed by atoms with E-state index in [1.54, 1.807) is 42.6 Å². The second-order valence-electron chi connectivity index (χ2n) is 6.07. The lowest BCUT2D eigenvalue weighted by atomic mass is 9.78. The van der Waals surface area contributed by atoms with Gasteiger partial charge in [-0.2, -0.15) is 0 Å². The van der Waals surface area contributed by atoms with E-state index >= 15 is 0 Å². The van der Waals surface area contributed by atoms with E-state index in [4.69, 9.17) is 0 Å². The SMILES string of the molecule is O=C(O)C(c1nc2ccccc2c(=O)[nH]1)C1(c2ccccc2)C=CC=N1. The summed E-state index contributed by atoms with van der Waals surface area (Å²) in [5.41, 5.74) is -0.364. The van der Waals surface area contributed by atoms with Crippen LogP contribution >= 0.6 is 0 Å². The van der Waals surface area contributed by atoms with Crippen molar-refractivity contribution in [3.8, 4) is 0 Å². The number of allylic oxidation sites excluding steroid dienone is 1. The molecular formula is C20H15N3O3. The van der Waals surface area contributed by atoms with E-state index in [0.717, 1.165) is 0 Å². The molecule has 2 atom stereocenters. The molecule has 2 aromatic carbocycles. The molecule has 0 saturated carbocycles. The smallest absolute Gasteiger partial charge is 0.317 e. The largest absolute Gasteiger partial charge is 0.481 e. The predicted octanol–water partition coefficient (Wildman–Crippen LogP) is 2.63. The summed E-state index contributed by atoms with van der Waals surface area (Å²) in [5.74, 6) is -2.21. The number of nitrogens with zero attached hydrogens (tertiary/aromatic N) is 2. The van der Waals surface area contributed by atoms with Gasteiger partial charge in [0.2, 0.25) is 0 Å². The number of aromatic amines is 1. The Hall–Kier alpha value is -3.54. The fraction of sp³-hybridized carbons (Fsp3) is 0.100. The molecule has 1 aliphatic rings. The number of rotatable bonds is 4. The molecule has 0 fully saturated rings. The normalized spacial score (nSPS) is 19.7. The van der Waals surface area contributed by atoms with Crippen LogP contribution in [0.15, 0.2) is 76.5 Å². The number of para-hydroxylation sites is 1. The molecule has 6 heteroatoms. The molecule has 0 bridgehead atoms. The average molecular weight is 345 g/mol. The molecule has 2 unspecified atom stereocenters. The van der Waals surface area contributed by atoms with Gasteiger partial charge in [0.15, 0.2) is 0 Å². The second kappa shape index (κ2) is 6.07. The summed E-state index contributed by atoms with van der Waals surface area (Å²) in [6, 6.07) is 16.0. The van der Waals surface area contributed by atoms with E-state index in [-0.39, 0.29) is 11.4 Å². The molecule has 2 N–H and O–H groups in total. The number of hydrogen-bond donors (Lipinski definition) is 2. The highest BCUT2D eigenvalue weighted by Gasteiger charge is 2.46. The van der Waals surface area contributed by atoms with Crippen molar-refractivity contribution in [1.82, 2.24) is 9.97 Å². The third-order valence-electron chi connectivity index (χ3n) is 4.55. The Morgan fingerprint density at radius 3 is 2.50 bits per heavy atom. The van der Waals surface area contributed by atoms with Crippen molar-refractivity contribution < 1.29 is 9.90 Å². The zero-order chi connectivity index (χ0) is 18.1. The zero-order valence-electron chi connectivity index (χ0n) is 13.7. The molecule has 4 rings (SSSR count). The maximum atomic E-state index is 12.4. The minimum absolute atomic E-state index is 0.0775. The molecule has 128 valence electrons. The Balaban J connectivity index is 1.97. The van der Waals surface area contributed by atoms with Gasteiger partial charge in [0.1, 0.15) is 17.3 Å². The fourth-order valence-corrected chi connectivity index (χ4v) is 3.37. The number of aliphatic imine (C=N–C) groups is 1. The predicted molar refractivity (Wildman–Crippen MR) is 98.5 cm³/mol. The Bertz CT molecular complexity index is 1090. The summed E-state index contributed by atoms with van der Waals surface area (Å²) in [7, 11) is 0. The van der Waals surface area contributed by atoms with Gasteiger partial charge in [-0.1, -0.05) is 42.5 Å². The van der Waals surface area contributed by atoms with Gasteiger partial charge < -0.3 is 10.1 Å². The highest BCUT2D eigenvalue weighted by atomic mass is 16.4. The van der Waals surface area contributed by atoms with Gasteiger partial charge in [0.25, 0.3) is 5.56 Å². The number of hydrogen-bond acceptors (Lipinski definition) is 4. The number of carbonyl (C=O) groups is 1. The highest BCUT2D eigenvalue weighted by Crippen LogP contribution is 2.42. The number of carboxylic acids is 1. The van der Waals surface area contributed by atoms with Crippen molar-refractivity contribution in [2.24, 2.45) is 4.99 Å². The third kappa shape index (κ3) is 2.43. The summed E-state index contributed by atoms with van der Waals surface area (Å²) in [5, 5.41) is 10.4. The number of aromatic nitrogens is 2. The Labute approximate surface area is 148 Å². The molecule has 1 aromatic heterocycles. The molecule has 1 aliphatic heterocycles. The summed E-state index contributed by atoms with van der Waals surface area (Å²) in [4.78, 5) is 36.2. The van der Waals surface area contributed by atoms with Crippen molar-refractivity contribution >= 4 is 23.1 Å². The molecular weight excluding hydrogens is 330 g/mol. The lowest BCUT2D eigenvalue weighted by Gasteiger charge is -2.30. The van der Waals surface area contributed by atoms with E-state index in [1.165, 1.54) is 0 Å². The average Bonchev–Trinajstić information content (AvgIpc) is 3.13. The van der Waals surface area contributed by atoms with Crippen molar-refractivity contribution in [1.29, 1.82) is 0 Å². The number of carboxylic acid groups (broad SMARTS) is 1. The minimum Gasteiger partial charge on any atom is -0.481 e. The monoisotopic (exact) mass is 345 g/mol. The van der Waals surface area contributed by atoms with Gasteiger partial charge in [-0.05, 0) is 29.8 Å². The highest BCUT2D eigenvalue weighted by molar-refractivity contribution is 5.84. The van der Waals surface area contributed by atoms with Crippen molar-refractivity contribution in [3.63, 3.8) is 0 Å². The summed E-state index contributed by atoms with van der Waals surface area (Å²) in [6.45, 7) is 0. The first-order valence-electron chi connectivity index (χ1n) is 8.12. The molecule has 0 radical (unpaired) electrons. The fourth-order valence-electron chi connectivity index (χ4n) is 3.37. The second-order valence-corrected chi connectivity index (χ2v) is 6.07. The first kappa shape index (κ1) is 16.0. The molecule has 6 nitrogen and oxygen atoms in total. The number of nitrogens with one attached hydrogen (secondary N) is 1. The van der Waals surface area contributed by atoms with Crippen LogP contribution in [0.5, 0.6) is 0 Å². The topological polar surface area (TPSA) is 95.4 Å². The number of benzene rings is 2. The lowest BCUT2D eigenvalue weighted by Crippen LogP contribution is -2.36. The number of aliphatic carboxylic acids is 1. The van der Waals surface area contributed by atoms with Crippen LogP contribution in [0, 0.1) is 0 Å². The first-order valence-corrected chi connectivity index (χ1v) is 8.12. The lowest BCUT2D eigenvalue weighted by molar-refractivity contribution is -0.140. The van der Waals surface area contributed by atoms with Crippen LogP contribution in [0.25, 0.3) is 10.9 Å². The van der Waals surface area contributed by atoms with Gasteiger partial charge in [0, 0.05) is 6.21 Å². The Morgan fingerprint density at radius 2 is 1.81 bits per heavy atom. The Morgan fingerprint density at radius 1 is 1.08 bits per heavy atom. The molecule has 26 heavy (non-hydrogen) atoms. The van der Waals surface area contributed by atoms with Crippen LogP contribution in [0.2, 0.25) is 0 Å². The first-order chi connectivity index (χ1) is 12.6. The molecule has 2 heterocycles. The van der Waals surface area contributed by atoms with Gasteiger partial charge >= 0.3 is 5.97 Å². The summed E-state index contributed by atoms with van der Waals surface area (Å²) in [6.07, 6.45) is 5.01. The number of H-pyrrole nitrogens is 1. The van der Waals surface area contributed by atoms with Gasteiger partial charge in [-0.25, -0.2) is 4.98 Å². The standard InChI is InChI=1S/C20H15N3O3/c24-18-14-9-4-5-10-15(14)22-17(23-18)16(19(25)26)20(11-6-12-21-20)13-7-2-1-3-8-13/h1-12,16H,(H,25,26)(H,22,23,24). The van der Waals surface area contributed by atoms with E-state index in [9.17, 15) is 14.7 Å². The molecule has 0 amide bonds. The summed E-state index contributed by atoms with van der Waals surface area (Å²) < 4.78 is 0. The van der Waals surface area contributed by atoms with Crippen LogP contribution in [0.4, 0.5) is 0 Å². The molecule has 3 aromatic rings. The quantitative estimate of drug-likeness (QED) is 0.760. The van der Waals surface area contributed by atoms with Crippen LogP contribution in [0.3, 0.4) is 0 Å². The minimum atomic E-state index is -1.17. The number of fused-ring (bicyclic) bond motifs is 1. The van der Waals surface area contributed by atoms with Crippen molar-refractivity contribution in [2.75, 3.05) is 0 Å². The summed E-state index contributed by atoms with van der Waals surface area (Å²) >= 11 is 0. The maximum absolute atomic E-state index is 12.4. The van der Waals surface area contributed by atoms with E-state index in [1.807, 2.05) is 30.3 Å². The van der Waals surface area contributed by atoms with Gasteiger partial charge in [-0.3, -0.25) is 14.6 Å². The van der Waals surface area contributed by atoms with Gasteiger partial charge in [-0.15, -0.1) is 0 Å². The third-order valence-corrected chi connectivity index (χ3v) is 4.55. The van der Waals surface area contributed by atoms with Crippen LogP contribution in [0.1, 0.15) is 17.3 Å². The van der Waals surface area contributed by atoms with Crippen molar-refractivity contribution in [2.45, 2.75) is 11.5 Å². The van der Waals surface area contributed by atoms with E-state index < -0.39 is 17.4 Å². The molecule has 0 aliphatic carbocycles. The van der Waals surface area contributed by atoms with E-state index in [2.05, 4.69) is 15.0 Å². The molecule has 0 spiro atoms. The van der Waals surface area contributed by atoms with Gasteiger partial charge in [0.05, 0.1) is 10.9 Å². The van der Waals surface area contributed by atoms with Crippen molar-refractivity contribution in [3.05, 3.63) is 88.5 Å². The van der Waals surface area contributed by atoms with Crippen LogP contribution < -0.4 is 5.56 Å². The zero-order valence-corrected chi connectivity index (χ0v) is 13.7. The maximum Gasteiger partial charge on any atom is 0.317 e. The van der Waals surface area contributed by atoms with E-state index in [0.29, 0.717) is 16.5 Å². The van der Waals surface area contributed by atoms with Crippen LogP contribution in [-0.4, -0.2) is 27.3 Å².